The molecule has 6 rings (SSSR count). The molecule has 45 heavy (non-hydrogen) atoms. The smallest absolute Gasteiger partial charge is 0.475 e. The maximum Gasteiger partial charge on any atom is 0.490 e. The fourth-order valence-corrected chi connectivity index (χ4v) is 7.36. The Hall–Kier alpha value is -3.23. The van der Waals surface area contributed by atoms with Gasteiger partial charge in [-0.05, 0) is 114 Å². The van der Waals surface area contributed by atoms with E-state index in [1.54, 1.807) is 16.2 Å². The summed E-state index contributed by atoms with van der Waals surface area (Å²) < 4.78 is 35.0. The number of hydrogen-bond donors (Lipinski definition) is 3. The number of piperidine rings is 4. The van der Waals surface area contributed by atoms with E-state index >= 15 is 0 Å². The first-order valence-electron chi connectivity index (χ1n) is 15.9. The zero-order chi connectivity index (χ0) is 32.3. The van der Waals surface area contributed by atoms with Crippen molar-refractivity contribution < 1.29 is 32.7 Å². The average Bonchev–Trinajstić information content (AvgIpc) is 3.27. The number of nitrogens with one attached hydrogen (secondary N) is 2. The molecule has 1 unspecified atom stereocenters. The van der Waals surface area contributed by atoms with Crippen LogP contribution < -0.4 is 16.3 Å². The summed E-state index contributed by atoms with van der Waals surface area (Å²) in [6.07, 6.45) is 3.05. The van der Waals surface area contributed by atoms with Crippen molar-refractivity contribution in [3.8, 4) is 0 Å². The molecule has 4 saturated heterocycles. The lowest BCUT2D eigenvalue weighted by Gasteiger charge is -2.42. The van der Waals surface area contributed by atoms with Gasteiger partial charge in [-0.3, -0.25) is 24.0 Å². The fourth-order valence-electron chi connectivity index (χ4n) is 7.36. The third kappa shape index (κ3) is 7.78. The van der Waals surface area contributed by atoms with E-state index in [1.807, 2.05) is 6.07 Å². The lowest BCUT2D eigenvalue weighted by atomic mass is 9.87. The van der Waals surface area contributed by atoms with E-state index in [9.17, 15) is 27.6 Å². The van der Waals surface area contributed by atoms with Gasteiger partial charge in [0.25, 0.3) is 0 Å². The maximum absolute atomic E-state index is 13.1. The van der Waals surface area contributed by atoms with Crippen LogP contribution in [0.3, 0.4) is 0 Å². The van der Waals surface area contributed by atoms with Crippen LogP contribution in [0, 0.1) is 5.92 Å². The Labute approximate surface area is 259 Å². The molecule has 1 aromatic heterocycles. The Morgan fingerprint density at radius 1 is 0.933 bits per heavy atom. The van der Waals surface area contributed by atoms with Gasteiger partial charge < -0.3 is 20.2 Å². The number of imidazole rings is 1. The number of nitrogens with zero attached hydrogens (tertiary/aromatic N) is 4. The molecular weight excluding hydrogens is 593 g/mol. The molecule has 1 atom stereocenters. The molecule has 0 spiro atoms. The highest BCUT2D eigenvalue weighted by atomic mass is 19.4. The van der Waals surface area contributed by atoms with Crippen molar-refractivity contribution in [2.75, 3.05) is 45.8 Å². The van der Waals surface area contributed by atoms with E-state index < -0.39 is 18.2 Å². The van der Waals surface area contributed by atoms with Crippen LogP contribution in [0.1, 0.15) is 68.9 Å². The highest BCUT2D eigenvalue weighted by Crippen LogP contribution is 2.33. The number of aryl methyl sites for hydroxylation is 1. The molecule has 4 aliphatic rings. The quantitative estimate of drug-likeness (QED) is 0.428. The van der Waals surface area contributed by atoms with Gasteiger partial charge in [-0.15, -0.1) is 0 Å². The molecule has 0 radical (unpaired) electrons. The van der Waals surface area contributed by atoms with Gasteiger partial charge in [0, 0.05) is 26.1 Å². The molecule has 4 fully saturated rings. The number of aliphatic carboxylic acids is 1. The summed E-state index contributed by atoms with van der Waals surface area (Å²) in [5, 5.41) is 13.0. The molecule has 2 amide bonds. The molecule has 3 N–H and O–H groups in total. The Morgan fingerprint density at radius 2 is 1.58 bits per heavy atom. The van der Waals surface area contributed by atoms with E-state index in [4.69, 9.17) is 9.90 Å². The second kappa shape index (κ2) is 14.0. The first-order chi connectivity index (χ1) is 21.4. The minimum atomic E-state index is -5.08. The third-order valence-corrected chi connectivity index (χ3v) is 9.93. The second-order valence-electron chi connectivity index (χ2n) is 12.8. The number of fused-ring (bicyclic) bond motifs is 1. The van der Waals surface area contributed by atoms with E-state index in [-0.39, 0.29) is 23.9 Å². The summed E-state index contributed by atoms with van der Waals surface area (Å²) >= 11 is 0. The number of carboxylic acid groups (broad SMARTS) is 1. The molecule has 1 aromatic carbocycles. The second-order valence-corrected chi connectivity index (χ2v) is 12.8. The summed E-state index contributed by atoms with van der Waals surface area (Å²) in [6, 6.07) is 6.37. The van der Waals surface area contributed by atoms with Crippen LogP contribution in [0.15, 0.2) is 23.0 Å². The highest BCUT2D eigenvalue weighted by molar-refractivity contribution is 6.00. The first-order valence-corrected chi connectivity index (χ1v) is 15.9. The van der Waals surface area contributed by atoms with Gasteiger partial charge in [0.2, 0.25) is 11.8 Å². The predicted molar refractivity (Wildman–Crippen MR) is 161 cm³/mol. The highest BCUT2D eigenvalue weighted by Gasteiger charge is 2.38. The van der Waals surface area contributed by atoms with Crippen molar-refractivity contribution >= 4 is 28.8 Å². The van der Waals surface area contributed by atoms with Gasteiger partial charge in [-0.2, -0.15) is 13.2 Å². The van der Waals surface area contributed by atoms with Crippen LogP contribution in [0.5, 0.6) is 0 Å². The lowest BCUT2D eigenvalue weighted by Crippen LogP contribution is -2.48. The number of carboxylic acids is 1. The number of hydrogen-bond acceptors (Lipinski definition) is 7. The summed E-state index contributed by atoms with van der Waals surface area (Å²) in [5.41, 5.74) is 2.71. The largest absolute Gasteiger partial charge is 0.490 e. The van der Waals surface area contributed by atoms with Gasteiger partial charge in [0.1, 0.15) is 6.04 Å². The molecule has 14 heteroatoms. The van der Waals surface area contributed by atoms with Crippen LogP contribution >= 0.6 is 0 Å². The number of alkyl halides is 3. The Morgan fingerprint density at radius 3 is 2.18 bits per heavy atom. The van der Waals surface area contributed by atoms with Crippen molar-refractivity contribution in [3.05, 3.63) is 34.2 Å². The van der Waals surface area contributed by atoms with Gasteiger partial charge >= 0.3 is 17.8 Å². The molecule has 4 aliphatic heterocycles. The van der Waals surface area contributed by atoms with Crippen LogP contribution in [0.2, 0.25) is 0 Å². The van der Waals surface area contributed by atoms with Gasteiger partial charge in [-0.1, -0.05) is 6.07 Å². The number of benzene rings is 1. The number of rotatable bonds is 5. The molecule has 0 bridgehead atoms. The molecule has 2 aromatic rings. The number of halogens is 3. The SMILES string of the molecule is Cn1c(=O)n(C2CCC(=O)NC2=O)c2ccc(C3CCN(C4CCN(CC5CCNCC5)CC4)CC3)cc21.O=C(O)C(F)(F)F. The van der Waals surface area contributed by atoms with Crippen LogP contribution in [-0.2, 0) is 21.4 Å². The standard InChI is InChI=1S/C29H42N6O3.C2HF3O2/c1-32-26-18-22(2-3-24(26)35(29(32)38)25-4-5-27(36)31-28(25)37)21-8-16-34(17-9-21)23-10-14-33(15-11-23)19-20-6-12-30-13-7-20;3-2(4,5)1(6)7/h2-3,18,20-21,23,25,30H,4-17,19H2,1H3,(H,31,36,37);(H,6,7). The van der Waals surface area contributed by atoms with Crippen LogP contribution in [-0.4, -0.2) is 99.9 Å². The maximum atomic E-state index is 13.1. The molecule has 11 nitrogen and oxygen atoms in total. The Bertz CT molecular complexity index is 1430. The van der Waals surface area contributed by atoms with Crippen molar-refractivity contribution in [2.45, 2.75) is 75.5 Å². The number of imide groups is 1. The summed E-state index contributed by atoms with van der Waals surface area (Å²) in [7, 11) is 1.77. The zero-order valence-corrected chi connectivity index (χ0v) is 25.7. The topological polar surface area (TPSA) is 129 Å². The number of carbonyl (C=O) groups is 3. The summed E-state index contributed by atoms with van der Waals surface area (Å²) in [6.45, 7) is 8.41. The average molecular weight is 637 g/mol. The van der Waals surface area contributed by atoms with E-state index in [1.165, 1.54) is 64.0 Å². The molecule has 0 saturated carbocycles. The van der Waals surface area contributed by atoms with Gasteiger partial charge in [0.15, 0.2) is 0 Å². The third-order valence-electron chi connectivity index (χ3n) is 9.93. The zero-order valence-electron chi connectivity index (χ0n) is 25.7. The summed E-state index contributed by atoms with van der Waals surface area (Å²) in [4.78, 5) is 51.5. The van der Waals surface area contributed by atoms with Crippen molar-refractivity contribution in [1.29, 1.82) is 0 Å². The normalized spacial score (nSPS) is 23.5. The van der Waals surface area contributed by atoms with Gasteiger partial charge in [0.05, 0.1) is 11.0 Å². The molecule has 248 valence electrons. The fraction of sp³-hybridized carbons (Fsp3) is 0.677. The Kier molecular flexibility index (Phi) is 10.3. The number of carbonyl (C=O) groups excluding carboxylic acids is 2. The van der Waals surface area contributed by atoms with Crippen LogP contribution in [0.4, 0.5) is 13.2 Å². The van der Waals surface area contributed by atoms with Crippen LogP contribution in [0.25, 0.3) is 11.0 Å². The lowest BCUT2D eigenvalue weighted by molar-refractivity contribution is -0.192. The van der Waals surface area contributed by atoms with E-state index in [2.05, 4.69) is 32.6 Å². The summed E-state index contributed by atoms with van der Waals surface area (Å²) in [5.74, 6) is -2.04. The Balaban J connectivity index is 0.000000515. The van der Waals surface area contributed by atoms with Crippen molar-refractivity contribution in [3.63, 3.8) is 0 Å². The number of aromatic nitrogens is 2. The number of amides is 2. The molecule has 5 heterocycles. The van der Waals surface area contributed by atoms with E-state index in [0.717, 1.165) is 42.9 Å². The van der Waals surface area contributed by atoms with E-state index in [0.29, 0.717) is 18.4 Å². The van der Waals surface area contributed by atoms with Gasteiger partial charge in [-0.25, -0.2) is 9.59 Å². The van der Waals surface area contributed by atoms with Crippen molar-refractivity contribution in [1.82, 2.24) is 29.6 Å². The number of likely N-dealkylation sites (tertiary alicyclic amines) is 2. The first kappa shape index (κ1) is 33.1. The minimum Gasteiger partial charge on any atom is -0.475 e. The molecule has 0 aliphatic carbocycles. The molecular formula is C31H43F3N6O5. The predicted octanol–water partition coefficient (Wildman–Crippen LogP) is 2.59. The monoisotopic (exact) mass is 636 g/mol. The minimum absolute atomic E-state index is 0.201. The van der Waals surface area contributed by atoms with Crippen molar-refractivity contribution in [2.24, 2.45) is 13.0 Å².